The zero-order chi connectivity index (χ0) is 15.1. The van der Waals surface area contributed by atoms with Crippen LogP contribution in [0, 0.1) is 0 Å². The average molecular weight is 315 g/mol. The molecule has 1 aliphatic rings. The highest BCUT2D eigenvalue weighted by Gasteiger charge is 2.45. The lowest BCUT2D eigenvalue weighted by Crippen LogP contribution is -2.30. The van der Waals surface area contributed by atoms with Gasteiger partial charge < -0.3 is 20.7 Å². The Hall–Kier alpha value is -1.49. The van der Waals surface area contributed by atoms with E-state index in [4.69, 9.17) is 15.6 Å². The van der Waals surface area contributed by atoms with Crippen molar-refractivity contribution in [3.05, 3.63) is 6.33 Å². The number of hydrogen-bond donors (Lipinski definition) is 3. The normalized spacial score (nSPS) is 29.3. The van der Waals surface area contributed by atoms with Gasteiger partial charge in [0.25, 0.3) is 0 Å². The Bertz CT molecular complexity index is 669. The highest BCUT2D eigenvalue weighted by molar-refractivity contribution is 7.98. The van der Waals surface area contributed by atoms with E-state index >= 15 is 0 Å². The number of thioether (sulfide) groups is 1. The molecule has 2 aromatic heterocycles. The number of ether oxygens (including phenoxy) is 1. The molecule has 4 atom stereocenters. The van der Waals surface area contributed by atoms with Crippen LogP contribution in [0.25, 0.3) is 11.2 Å². The summed E-state index contributed by atoms with van der Waals surface area (Å²) in [6.45, 7) is -0.474. The minimum absolute atomic E-state index is 0.0428. The quantitative estimate of drug-likeness (QED) is 0.522. The lowest BCUT2D eigenvalue weighted by atomic mass is 10.1. The van der Waals surface area contributed by atoms with Crippen molar-refractivity contribution < 1.29 is 19.3 Å². The first-order chi connectivity index (χ1) is 10.1. The number of nitrogen functional groups attached to an aromatic ring is 1. The van der Waals surface area contributed by atoms with Crippen LogP contribution in [0.3, 0.4) is 0 Å². The van der Waals surface area contributed by atoms with Gasteiger partial charge in [0, 0.05) is 0 Å². The van der Waals surface area contributed by atoms with Crippen molar-refractivity contribution in [2.24, 2.45) is 0 Å². The number of imidazole rings is 1. The lowest BCUT2D eigenvalue weighted by Gasteiger charge is -2.15. The van der Waals surface area contributed by atoms with E-state index in [9.17, 15) is 9.50 Å². The monoisotopic (exact) mass is 315 g/mol. The van der Waals surface area contributed by atoms with Crippen LogP contribution in [0.4, 0.5) is 10.3 Å². The van der Waals surface area contributed by atoms with Crippen LogP contribution in [0.1, 0.15) is 6.23 Å². The maximum absolute atomic E-state index is 14.2. The molecule has 0 radical (unpaired) electrons. The van der Waals surface area contributed by atoms with Gasteiger partial charge in [-0.2, -0.15) is 4.98 Å². The van der Waals surface area contributed by atoms with E-state index in [2.05, 4.69) is 15.0 Å². The first-order valence-electron chi connectivity index (χ1n) is 6.19. The molecule has 1 fully saturated rings. The number of hydrogen-bond acceptors (Lipinski definition) is 8. The number of rotatable bonds is 3. The number of alkyl halides is 1. The van der Waals surface area contributed by atoms with Gasteiger partial charge in [-0.25, -0.2) is 14.4 Å². The minimum atomic E-state index is -1.70. The molecule has 1 unspecified atom stereocenters. The van der Waals surface area contributed by atoms with Gasteiger partial charge in [-0.1, -0.05) is 0 Å². The van der Waals surface area contributed by atoms with Gasteiger partial charge in [-0.15, -0.1) is 11.8 Å². The van der Waals surface area contributed by atoms with Gasteiger partial charge in [-0.05, 0) is 6.26 Å². The predicted octanol–water partition coefficient (Wildman–Crippen LogP) is -0.281. The van der Waals surface area contributed by atoms with E-state index in [1.165, 1.54) is 22.7 Å². The van der Waals surface area contributed by atoms with Crippen LogP contribution in [-0.4, -0.2) is 61.0 Å². The van der Waals surface area contributed by atoms with E-state index in [1.54, 1.807) is 0 Å². The zero-order valence-electron chi connectivity index (χ0n) is 11.0. The smallest absolute Gasteiger partial charge is 0.223 e. The second kappa shape index (κ2) is 5.37. The second-order valence-electron chi connectivity index (χ2n) is 4.60. The third kappa shape index (κ3) is 2.24. The maximum atomic E-state index is 14.2. The molecule has 8 nitrogen and oxygen atoms in total. The van der Waals surface area contributed by atoms with Gasteiger partial charge in [0.1, 0.15) is 22.8 Å². The van der Waals surface area contributed by atoms with E-state index < -0.39 is 31.2 Å². The molecule has 2 aromatic rings. The summed E-state index contributed by atoms with van der Waals surface area (Å²) in [5.74, 6) is 0.0428. The fourth-order valence-corrected chi connectivity index (χ4v) is 2.84. The Morgan fingerprint density at radius 2 is 2.29 bits per heavy atom. The van der Waals surface area contributed by atoms with Crippen molar-refractivity contribution >= 4 is 28.9 Å². The summed E-state index contributed by atoms with van der Waals surface area (Å²) in [4.78, 5) is 12.3. The fourth-order valence-electron chi connectivity index (χ4n) is 2.31. The standard InChI is InChI=1S/C11H14FN5O3S/c1-21-9-6-8(15-11(13)16-9)17(3-14-6)10-5(12)7(19)4(2-18)20-10/h3-5,7,10,18-19H,2H2,1H3,(H2,13,15,16)/t4-,5-,7?,10-/m1/s1. The summed E-state index contributed by atoms with van der Waals surface area (Å²) in [5.41, 5.74) is 6.45. The molecule has 3 heterocycles. The largest absolute Gasteiger partial charge is 0.394 e. The summed E-state index contributed by atoms with van der Waals surface area (Å²) in [7, 11) is 0. The van der Waals surface area contributed by atoms with E-state index in [1.807, 2.05) is 6.26 Å². The molecule has 10 heteroatoms. The zero-order valence-corrected chi connectivity index (χ0v) is 11.9. The summed E-state index contributed by atoms with van der Waals surface area (Å²) in [6.07, 6.45) is -2.03. The summed E-state index contributed by atoms with van der Waals surface area (Å²) in [6, 6.07) is 0. The Morgan fingerprint density at radius 1 is 1.52 bits per heavy atom. The van der Waals surface area contributed by atoms with Crippen LogP contribution in [0.15, 0.2) is 11.4 Å². The first-order valence-corrected chi connectivity index (χ1v) is 7.41. The van der Waals surface area contributed by atoms with Gasteiger partial charge in [0.2, 0.25) is 5.95 Å². The number of nitrogens with two attached hydrogens (primary N) is 1. The molecule has 1 saturated heterocycles. The Labute approximate surface area is 123 Å². The molecule has 0 aromatic carbocycles. The third-order valence-electron chi connectivity index (χ3n) is 3.35. The highest BCUT2D eigenvalue weighted by Crippen LogP contribution is 2.34. The molecule has 4 N–H and O–H groups in total. The predicted molar refractivity (Wildman–Crippen MR) is 73.4 cm³/mol. The molecule has 21 heavy (non-hydrogen) atoms. The van der Waals surface area contributed by atoms with Crippen molar-refractivity contribution in [2.75, 3.05) is 18.6 Å². The van der Waals surface area contributed by atoms with Crippen LogP contribution in [0.2, 0.25) is 0 Å². The maximum Gasteiger partial charge on any atom is 0.223 e. The van der Waals surface area contributed by atoms with Crippen molar-refractivity contribution in [2.45, 2.75) is 29.6 Å². The summed E-state index contributed by atoms with van der Waals surface area (Å²) >= 11 is 1.34. The highest BCUT2D eigenvalue weighted by atomic mass is 32.2. The topological polar surface area (TPSA) is 119 Å². The molecule has 3 rings (SSSR count). The Kier molecular flexibility index (Phi) is 3.69. The Balaban J connectivity index is 2.07. The van der Waals surface area contributed by atoms with Crippen molar-refractivity contribution in [3.8, 4) is 0 Å². The van der Waals surface area contributed by atoms with Gasteiger partial charge in [0.15, 0.2) is 18.0 Å². The third-order valence-corrected chi connectivity index (χ3v) is 4.02. The second-order valence-corrected chi connectivity index (χ2v) is 5.39. The molecule has 0 aliphatic carbocycles. The fraction of sp³-hybridized carbons (Fsp3) is 0.545. The number of aliphatic hydroxyl groups excluding tert-OH is 2. The van der Waals surface area contributed by atoms with Crippen LogP contribution in [-0.2, 0) is 4.74 Å². The molecular formula is C11H14FN5O3S. The number of aliphatic hydroxyl groups is 2. The van der Waals surface area contributed by atoms with Crippen molar-refractivity contribution in [3.63, 3.8) is 0 Å². The number of aromatic nitrogens is 4. The Morgan fingerprint density at radius 3 is 2.90 bits per heavy atom. The molecule has 0 amide bonds. The minimum Gasteiger partial charge on any atom is -0.394 e. The summed E-state index contributed by atoms with van der Waals surface area (Å²) < 4.78 is 20.9. The van der Waals surface area contributed by atoms with Crippen molar-refractivity contribution in [1.82, 2.24) is 19.5 Å². The number of nitrogens with zero attached hydrogens (tertiary/aromatic N) is 4. The van der Waals surface area contributed by atoms with E-state index in [-0.39, 0.29) is 5.95 Å². The van der Waals surface area contributed by atoms with Gasteiger partial charge in [-0.3, -0.25) is 4.57 Å². The van der Waals surface area contributed by atoms with Crippen LogP contribution >= 0.6 is 11.8 Å². The van der Waals surface area contributed by atoms with Crippen LogP contribution in [0.5, 0.6) is 0 Å². The average Bonchev–Trinajstić information content (AvgIpc) is 3.01. The first kappa shape index (κ1) is 14.4. The SMILES string of the molecule is CSc1nc(N)nc2c1ncn2[C@@H]1O[C@H](CO)C(O)[C@H]1F. The van der Waals surface area contributed by atoms with E-state index in [0.29, 0.717) is 16.2 Å². The van der Waals surface area contributed by atoms with Gasteiger partial charge >= 0.3 is 0 Å². The molecule has 0 spiro atoms. The summed E-state index contributed by atoms with van der Waals surface area (Å²) in [5, 5.41) is 19.4. The van der Waals surface area contributed by atoms with Crippen LogP contribution < -0.4 is 5.73 Å². The number of fused-ring (bicyclic) bond motifs is 1. The number of halogens is 1. The number of anilines is 1. The molecule has 114 valence electrons. The molecule has 0 bridgehead atoms. The van der Waals surface area contributed by atoms with E-state index in [0.717, 1.165) is 0 Å². The van der Waals surface area contributed by atoms with Gasteiger partial charge in [0.05, 0.1) is 12.9 Å². The lowest BCUT2D eigenvalue weighted by molar-refractivity contribution is -0.0459. The van der Waals surface area contributed by atoms with Crippen molar-refractivity contribution in [1.29, 1.82) is 0 Å². The molecule has 0 saturated carbocycles. The molecular weight excluding hydrogens is 301 g/mol. The molecule has 1 aliphatic heterocycles.